The number of unbranched alkanes of at least 4 members (excludes halogenated alkanes) is 1. The van der Waals surface area contributed by atoms with E-state index >= 15 is 0 Å². The van der Waals surface area contributed by atoms with Crippen LogP contribution in [0.25, 0.3) is 0 Å². The topological polar surface area (TPSA) is 67.4 Å². The molecular weight excluding hydrogens is 364 g/mol. The number of carbonyl (C=O) groups is 2. The van der Waals surface area contributed by atoms with Gasteiger partial charge in [0.25, 0.3) is 5.91 Å². The van der Waals surface area contributed by atoms with Crippen molar-refractivity contribution in [2.75, 3.05) is 10.6 Å². The minimum absolute atomic E-state index is 0.0354. The Hall–Kier alpha value is -2.53. The molecule has 27 heavy (non-hydrogen) atoms. The van der Waals surface area contributed by atoms with Crippen LogP contribution >= 0.6 is 11.6 Å². The summed E-state index contributed by atoms with van der Waals surface area (Å²) < 4.78 is 5.79. The fraction of sp³-hybridized carbons (Fsp3) is 0.333. The third-order valence-corrected chi connectivity index (χ3v) is 4.15. The first-order valence-electron chi connectivity index (χ1n) is 8.96. The van der Waals surface area contributed by atoms with Gasteiger partial charge in [-0.15, -0.1) is 0 Å². The van der Waals surface area contributed by atoms with Crippen molar-refractivity contribution in [3.8, 4) is 5.75 Å². The van der Waals surface area contributed by atoms with E-state index in [1.54, 1.807) is 62.4 Å². The number of carbonyl (C=O) groups excluding carboxylic acids is 2. The lowest BCUT2D eigenvalue weighted by Gasteiger charge is -2.25. The Bertz CT molecular complexity index is 788. The van der Waals surface area contributed by atoms with Crippen LogP contribution in [0.3, 0.4) is 0 Å². The first kappa shape index (κ1) is 20.8. The summed E-state index contributed by atoms with van der Waals surface area (Å²) in [5.41, 5.74) is 0.139. The van der Waals surface area contributed by atoms with Crippen molar-refractivity contribution in [1.29, 1.82) is 0 Å². The molecule has 5 nitrogen and oxygen atoms in total. The highest BCUT2D eigenvalue weighted by Gasteiger charge is 2.30. The quantitative estimate of drug-likeness (QED) is 0.647. The smallest absolute Gasteiger partial charge is 0.267 e. The summed E-state index contributed by atoms with van der Waals surface area (Å²) >= 11 is 5.87. The molecule has 144 valence electrons. The molecule has 0 heterocycles. The van der Waals surface area contributed by atoms with Gasteiger partial charge in [0.2, 0.25) is 5.91 Å². The normalized spacial score (nSPS) is 11.0. The molecular formula is C21H25ClN2O3. The molecule has 0 radical (unpaired) electrons. The lowest BCUT2D eigenvalue weighted by molar-refractivity contribution is -0.128. The number of anilines is 2. The molecule has 0 aliphatic carbocycles. The molecule has 2 aromatic carbocycles. The van der Waals surface area contributed by atoms with Crippen LogP contribution in [0.15, 0.2) is 48.5 Å². The Morgan fingerprint density at radius 3 is 2.30 bits per heavy atom. The number of halogens is 1. The zero-order chi connectivity index (χ0) is 19.9. The van der Waals surface area contributed by atoms with Gasteiger partial charge >= 0.3 is 0 Å². The summed E-state index contributed by atoms with van der Waals surface area (Å²) in [6.07, 6.45) is 2.29. The van der Waals surface area contributed by atoms with Gasteiger partial charge in [0.15, 0.2) is 5.60 Å². The van der Waals surface area contributed by atoms with Crippen LogP contribution in [0.5, 0.6) is 5.75 Å². The van der Waals surface area contributed by atoms with Crippen LogP contribution in [-0.4, -0.2) is 17.4 Å². The van der Waals surface area contributed by atoms with Crippen molar-refractivity contribution in [3.05, 3.63) is 53.6 Å². The van der Waals surface area contributed by atoms with Gasteiger partial charge in [-0.1, -0.05) is 31.0 Å². The van der Waals surface area contributed by atoms with Crippen LogP contribution in [0.2, 0.25) is 5.02 Å². The molecule has 0 aliphatic heterocycles. The van der Waals surface area contributed by atoms with Crippen LogP contribution in [0, 0.1) is 0 Å². The van der Waals surface area contributed by atoms with Crippen molar-refractivity contribution in [2.24, 2.45) is 0 Å². The first-order chi connectivity index (χ1) is 12.8. The highest BCUT2D eigenvalue weighted by molar-refractivity contribution is 6.30. The number of amides is 2. The van der Waals surface area contributed by atoms with Crippen LogP contribution in [0.4, 0.5) is 11.4 Å². The predicted octanol–water partition coefficient (Wildman–Crippen LogP) is 5.26. The second-order valence-corrected chi connectivity index (χ2v) is 7.19. The summed E-state index contributed by atoms with van der Waals surface area (Å²) in [6, 6.07) is 13.9. The third-order valence-electron chi connectivity index (χ3n) is 3.90. The zero-order valence-electron chi connectivity index (χ0n) is 15.8. The molecule has 2 rings (SSSR count). The molecule has 2 aromatic rings. The highest BCUT2D eigenvalue weighted by Crippen LogP contribution is 2.23. The van der Waals surface area contributed by atoms with E-state index in [-0.39, 0.29) is 11.8 Å². The Balaban J connectivity index is 2.00. The van der Waals surface area contributed by atoms with E-state index in [1.807, 2.05) is 6.92 Å². The van der Waals surface area contributed by atoms with Crippen molar-refractivity contribution in [2.45, 2.75) is 45.6 Å². The standard InChI is InChI=1S/C21H25ClN2O3/c1-4-5-9-19(25)23-16-7-6-8-17(14-16)24-20(26)21(2,3)27-18-12-10-15(22)11-13-18/h6-8,10-14H,4-5,9H2,1-3H3,(H,23,25)(H,24,26). The molecule has 0 spiro atoms. The van der Waals surface area contributed by atoms with E-state index < -0.39 is 5.60 Å². The Kier molecular flexibility index (Phi) is 7.25. The summed E-state index contributed by atoms with van der Waals surface area (Å²) in [6.45, 7) is 5.41. The maximum absolute atomic E-state index is 12.6. The van der Waals surface area contributed by atoms with Gasteiger partial charge in [0.05, 0.1) is 0 Å². The van der Waals surface area contributed by atoms with Gasteiger partial charge in [-0.2, -0.15) is 0 Å². The number of hydrogen-bond acceptors (Lipinski definition) is 3. The van der Waals surface area contributed by atoms with Crippen LogP contribution < -0.4 is 15.4 Å². The van der Waals surface area contributed by atoms with E-state index in [0.29, 0.717) is 28.6 Å². The van der Waals surface area contributed by atoms with Crippen molar-refractivity contribution < 1.29 is 14.3 Å². The molecule has 0 atom stereocenters. The fourth-order valence-corrected chi connectivity index (χ4v) is 2.49. The molecule has 6 heteroatoms. The SMILES string of the molecule is CCCCC(=O)Nc1cccc(NC(=O)C(C)(C)Oc2ccc(Cl)cc2)c1. The second-order valence-electron chi connectivity index (χ2n) is 6.75. The highest BCUT2D eigenvalue weighted by atomic mass is 35.5. The molecule has 0 bridgehead atoms. The number of rotatable bonds is 8. The molecule has 0 aliphatic rings. The van der Waals surface area contributed by atoms with Gasteiger partial charge < -0.3 is 15.4 Å². The van der Waals surface area contributed by atoms with Crippen LogP contribution in [0.1, 0.15) is 40.0 Å². The summed E-state index contributed by atoms with van der Waals surface area (Å²) in [5, 5.41) is 6.27. The molecule has 2 amide bonds. The fourth-order valence-electron chi connectivity index (χ4n) is 2.36. The van der Waals surface area contributed by atoms with Crippen molar-refractivity contribution in [3.63, 3.8) is 0 Å². The van der Waals surface area contributed by atoms with Gasteiger partial charge in [-0.05, 0) is 62.7 Å². The average Bonchev–Trinajstić information content (AvgIpc) is 2.62. The van der Waals surface area contributed by atoms with E-state index in [9.17, 15) is 9.59 Å². The Labute approximate surface area is 165 Å². The monoisotopic (exact) mass is 388 g/mol. The molecule has 2 N–H and O–H groups in total. The first-order valence-corrected chi connectivity index (χ1v) is 9.34. The number of benzene rings is 2. The number of hydrogen-bond donors (Lipinski definition) is 2. The number of nitrogens with one attached hydrogen (secondary N) is 2. The summed E-state index contributed by atoms with van der Waals surface area (Å²) in [7, 11) is 0. The Morgan fingerprint density at radius 1 is 1.04 bits per heavy atom. The lowest BCUT2D eigenvalue weighted by atomic mass is 10.1. The van der Waals surface area contributed by atoms with E-state index in [4.69, 9.17) is 16.3 Å². The molecule has 0 unspecified atom stereocenters. The van der Waals surface area contributed by atoms with E-state index in [1.165, 1.54) is 0 Å². The van der Waals surface area contributed by atoms with Crippen molar-refractivity contribution >= 4 is 34.8 Å². The van der Waals surface area contributed by atoms with Gasteiger partial charge in [0, 0.05) is 22.8 Å². The van der Waals surface area contributed by atoms with E-state index in [0.717, 1.165) is 12.8 Å². The summed E-state index contributed by atoms with van der Waals surface area (Å²) in [5.74, 6) is 0.218. The predicted molar refractivity (Wildman–Crippen MR) is 109 cm³/mol. The van der Waals surface area contributed by atoms with Crippen LogP contribution in [-0.2, 0) is 9.59 Å². The largest absolute Gasteiger partial charge is 0.478 e. The second kappa shape index (κ2) is 9.42. The average molecular weight is 389 g/mol. The third kappa shape index (κ3) is 6.61. The molecule has 0 saturated heterocycles. The van der Waals surface area contributed by atoms with Gasteiger partial charge in [-0.3, -0.25) is 9.59 Å². The molecule has 0 fully saturated rings. The zero-order valence-corrected chi connectivity index (χ0v) is 16.6. The lowest BCUT2D eigenvalue weighted by Crippen LogP contribution is -2.42. The van der Waals surface area contributed by atoms with Gasteiger partial charge in [-0.25, -0.2) is 0 Å². The maximum atomic E-state index is 12.6. The maximum Gasteiger partial charge on any atom is 0.267 e. The van der Waals surface area contributed by atoms with E-state index in [2.05, 4.69) is 10.6 Å². The minimum Gasteiger partial charge on any atom is -0.478 e. The Morgan fingerprint density at radius 2 is 1.67 bits per heavy atom. The minimum atomic E-state index is -1.09. The van der Waals surface area contributed by atoms with Crippen molar-refractivity contribution in [1.82, 2.24) is 0 Å². The molecule has 0 saturated carbocycles. The number of ether oxygens (including phenoxy) is 1. The summed E-state index contributed by atoms with van der Waals surface area (Å²) in [4.78, 5) is 24.5. The molecule has 0 aromatic heterocycles. The van der Waals surface area contributed by atoms with Gasteiger partial charge in [0.1, 0.15) is 5.75 Å².